The van der Waals surface area contributed by atoms with Gasteiger partial charge in [-0.3, -0.25) is 9.59 Å². The lowest BCUT2D eigenvalue weighted by molar-refractivity contribution is -0.118. The van der Waals surface area contributed by atoms with Crippen LogP contribution < -0.4 is 20.2 Å². The van der Waals surface area contributed by atoms with Crippen LogP contribution in [0.5, 0.6) is 17.2 Å². The smallest absolute Gasteiger partial charge is 0.262 e. The molecule has 4 rings (SSSR count). The van der Waals surface area contributed by atoms with Gasteiger partial charge >= 0.3 is 0 Å². The molecule has 0 aliphatic rings. The van der Waals surface area contributed by atoms with E-state index in [-0.39, 0.29) is 23.7 Å². The molecule has 0 atom stereocenters. The highest BCUT2D eigenvalue weighted by molar-refractivity contribution is 5.92. The van der Waals surface area contributed by atoms with E-state index in [0.29, 0.717) is 22.5 Å². The van der Waals surface area contributed by atoms with E-state index in [1.165, 1.54) is 6.26 Å². The van der Waals surface area contributed by atoms with Crippen LogP contribution in [0.15, 0.2) is 82.2 Å². The van der Waals surface area contributed by atoms with Gasteiger partial charge in [0.1, 0.15) is 23.3 Å². The van der Waals surface area contributed by atoms with Crippen molar-refractivity contribution in [2.45, 2.75) is 26.7 Å². The predicted octanol–water partition coefficient (Wildman–Crippen LogP) is 5.73. The number of nitrogens with one attached hydrogen (secondary N) is 1. The fraction of sp³-hybridized carbons (Fsp3) is 0.185. The topological polar surface area (TPSA) is 77.8 Å². The summed E-state index contributed by atoms with van der Waals surface area (Å²) in [7, 11) is 0. The third-order valence-electron chi connectivity index (χ3n) is 5.33. The highest BCUT2D eigenvalue weighted by Gasteiger charge is 2.13. The molecule has 0 saturated heterocycles. The summed E-state index contributed by atoms with van der Waals surface area (Å²) in [5.74, 6) is 0.902. The lowest BCUT2D eigenvalue weighted by atomic mass is 10.1. The Morgan fingerprint density at radius 2 is 1.64 bits per heavy atom. The minimum atomic E-state index is -0.275. The minimum absolute atomic E-state index is 0.117. The zero-order chi connectivity index (χ0) is 23.2. The van der Waals surface area contributed by atoms with Crippen molar-refractivity contribution < 1.29 is 18.7 Å². The van der Waals surface area contributed by atoms with Crippen molar-refractivity contribution in [1.82, 2.24) is 0 Å². The van der Waals surface area contributed by atoms with Gasteiger partial charge in [0.05, 0.1) is 5.39 Å². The first-order chi connectivity index (χ1) is 16.1. The molecule has 6 heteroatoms. The summed E-state index contributed by atoms with van der Waals surface area (Å²) < 4.78 is 17.1. The second kappa shape index (κ2) is 10.0. The van der Waals surface area contributed by atoms with Gasteiger partial charge < -0.3 is 19.2 Å². The first kappa shape index (κ1) is 22.1. The molecule has 0 spiro atoms. The number of hydrogen-bond donors (Lipinski definition) is 1. The third kappa shape index (κ3) is 5.06. The maximum absolute atomic E-state index is 12.9. The van der Waals surface area contributed by atoms with E-state index in [1.807, 2.05) is 62.4 Å². The average molecular weight is 443 g/mol. The van der Waals surface area contributed by atoms with Crippen LogP contribution in [0.25, 0.3) is 11.0 Å². The first-order valence-electron chi connectivity index (χ1n) is 10.9. The zero-order valence-corrected chi connectivity index (χ0v) is 18.6. The SMILES string of the molecule is CCc1ccccc1NC(=O)COc1ccc2c(=O)c(Oc3ccccc3CC)coc2c1. The van der Waals surface area contributed by atoms with Crippen LogP contribution >= 0.6 is 0 Å². The van der Waals surface area contributed by atoms with Crippen molar-refractivity contribution in [3.63, 3.8) is 0 Å². The molecule has 0 fully saturated rings. The number of ether oxygens (including phenoxy) is 2. The highest BCUT2D eigenvalue weighted by Crippen LogP contribution is 2.26. The molecule has 168 valence electrons. The molecule has 0 unspecified atom stereocenters. The van der Waals surface area contributed by atoms with Crippen LogP contribution in [0.3, 0.4) is 0 Å². The molecular formula is C27H25NO5. The molecular weight excluding hydrogens is 418 g/mol. The van der Waals surface area contributed by atoms with Crippen molar-refractivity contribution in [2.75, 3.05) is 11.9 Å². The minimum Gasteiger partial charge on any atom is -0.484 e. The van der Waals surface area contributed by atoms with Gasteiger partial charge in [0, 0.05) is 11.8 Å². The predicted molar refractivity (Wildman–Crippen MR) is 128 cm³/mol. The number of benzene rings is 3. The molecule has 1 N–H and O–H groups in total. The Labute approximate surface area is 191 Å². The van der Waals surface area contributed by atoms with Crippen LogP contribution in [-0.2, 0) is 17.6 Å². The van der Waals surface area contributed by atoms with Gasteiger partial charge in [-0.1, -0.05) is 50.2 Å². The Balaban J connectivity index is 1.47. The van der Waals surface area contributed by atoms with E-state index in [0.717, 1.165) is 29.7 Å². The maximum Gasteiger partial charge on any atom is 0.262 e. The first-order valence-corrected chi connectivity index (χ1v) is 10.9. The molecule has 1 aromatic heterocycles. The zero-order valence-electron chi connectivity index (χ0n) is 18.6. The number of fused-ring (bicyclic) bond motifs is 1. The normalized spacial score (nSPS) is 10.7. The number of para-hydroxylation sites is 2. The lowest BCUT2D eigenvalue weighted by Gasteiger charge is -2.11. The van der Waals surface area contributed by atoms with E-state index >= 15 is 0 Å². The largest absolute Gasteiger partial charge is 0.484 e. The van der Waals surface area contributed by atoms with Crippen molar-refractivity contribution >= 4 is 22.6 Å². The summed E-state index contributed by atoms with van der Waals surface area (Å²) in [6.45, 7) is 3.89. The average Bonchev–Trinajstić information content (AvgIpc) is 2.85. The summed E-state index contributed by atoms with van der Waals surface area (Å²) in [5.41, 5.74) is 2.90. The van der Waals surface area contributed by atoms with Gasteiger partial charge in [-0.05, 0) is 48.2 Å². The fourth-order valence-corrected chi connectivity index (χ4v) is 3.55. The van der Waals surface area contributed by atoms with Crippen molar-refractivity contribution in [1.29, 1.82) is 0 Å². The molecule has 33 heavy (non-hydrogen) atoms. The lowest BCUT2D eigenvalue weighted by Crippen LogP contribution is -2.20. The number of carbonyl (C=O) groups excluding carboxylic acids is 1. The van der Waals surface area contributed by atoms with Gasteiger partial charge in [-0.25, -0.2) is 0 Å². The number of carbonyl (C=O) groups is 1. The Bertz CT molecular complexity index is 1340. The number of aryl methyl sites for hydroxylation is 2. The number of hydrogen-bond acceptors (Lipinski definition) is 5. The number of anilines is 1. The standard InChI is InChI=1S/C27H25NO5/c1-3-18-9-5-7-11-22(18)28-26(29)17-31-20-13-14-21-24(15-20)32-16-25(27(21)30)33-23-12-8-6-10-19(23)4-2/h5-16H,3-4,17H2,1-2H3,(H,28,29). The second-order valence-corrected chi connectivity index (χ2v) is 7.50. The van der Waals surface area contributed by atoms with Crippen LogP contribution in [0.2, 0.25) is 0 Å². The van der Waals surface area contributed by atoms with Gasteiger partial charge in [-0.2, -0.15) is 0 Å². The molecule has 1 amide bonds. The molecule has 4 aromatic rings. The Morgan fingerprint density at radius 1 is 0.909 bits per heavy atom. The van der Waals surface area contributed by atoms with E-state index < -0.39 is 0 Å². The third-order valence-corrected chi connectivity index (χ3v) is 5.33. The van der Waals surface area contributed by atoms with Crippen LogP contribution in [-0.4, -0.2) is 12.5 Å². The van der Waals surface area contributed by atoms with E-state index in [4.69, 9.17) is 13.9 Å². The quantitative estimate of drug-likeness (QED) is 0.376. The van der Waals surface area contributed by atoms with E-state index in [2.05, 4.69) is 5.32 Å². The summed E-state index contributed by atoms with van der Waals surface area (Å²) in [4.78, 5) is 25.2. The molecule has 3 aromatic carbocycles. The highest BCUT2D eigenvalue weighted by atomic mass is 16.5. The summed E-state index contributed by atoms with van der Waals surface area (Å²) in [6.07, 6.45) is 2.90. The summed E-state index contributed by atoms with van der Waals surface area (Å²) in [6, 6.07) is 20.1. The Kier molecular flexibility index (Phi) is 6.74. The van der Waals surface area contributed by atoms with Crippen LogP contribution in [0.4, 0.5) is 5.69 Å². The summed E-state index contributed by atoms with van der Waals surface area (Å²) in [5, 5.41) is 3.23. The number of rotatable bonds is 8. The molecule has 0 bridgehead atoms. The van der Waals surface area contributed by atoms with Crippen molar-refractivity contribution in [3.05, 3.63) is 94.3 Å². The maximum atomic E-state index is 12.9. The Hall–Kier alpha value is -4.06. The van der Waals surface area contributed by atoms with Crippen LogP contribution in [0.1, 0.15) is 25.0 Å². The monoisotopic (exact) mass is 443 g/mol. The van der Waals surface area contributed by atoms with Gasteiger partial charge in [-0.15, -0.1) is 0 Å². The van der Waals surface area contributed by atoms with Crippen LogP contribution in [0, 0.1) is 0 Å². The summed E-state index contributed by atoms with van der Waals surface area (Å²) >= 11 is 0. The molecule has 6 nitrogen and oxygen atoms in total. The molecule has 1 heterocycles. The number of amides is 1. The fourth-order valence-electron chi connectivity index (χ4n) is 3.55. The van der Waals surface area contributed by atoms with Gasteiger partial charge in [0.15, 0.2) is 6.61 Å². The van der Waals surface area contributed by atoms with Gasteiger partial charge in [0.25, 0.3) is 5.91 Å². The van der Waals surface area contributed by atoms with Gasteiger partial charge in [0.2, 0.25) is 11.2 Å². The molecule has 0 saturated carbocycles. The Morgan fingerprint density at radius 3 is 2.42 bits per heavy atom. The van der Waals surface area contributed by atoms with E-state index in [1.54, 1.807) is 18.2 Å². The van der Waals surface area contributed by atoms with E-state index in [9.17, 15) is 9.59 Å². The van der Waals surface area contributed by atoms with Crippen molar-refractivity contribution in [3.8, 4) is 17.2 Å². The molecule has 0 radical (unpaired) electrons. The molecule has 0 aliphatic heterocycles. The second-order valence-electron chi connectivity index (χ2n) is 7.50. The molecule has 0 aliphatic carbocycles. The van der Waals surface area contributed by atoms with Crippen molar-refractivity contribution in [2.24, 2.45) is 0 Å².